The van der Waals surface area contributed by atoms with Crippen LogP contribution in [0.2, 0.25) is 20.5 Å². The summed E-state index contributed by atoms with van der Waals surface area (Å²) in [4.78, 5) is 122. The molecule has 9 aliphatic rings. The zero-order valence-corrected chi connectivity index (χ0v) is 81.7. The topological polar surface area (TPSA) is 453 Å². The Morgan fingerprint density at radius 1 is 0.661 bits per heavy atom. The molecule has 5 aromatic rings. The van der Waals surface area contributed by atoms with Crippen molar-refractivity contribution in [3.63, 3.8) is 0 Å². The summed E-state index contributed by atoms with van der Waals surface area (Å²) in [6.07, 6.45) is 27.4. The van der Waals surface area contributed by atoms with Crippen molar-refractivity contribution in [3.05, 3.63) is 145 Å². The molecule has 8 fully saturated rings. The first-order valence-corrected chi connectivity index (χ1v) is 42.8. The van der Waals surface area contributed by atoms with Gasteiger partial charge in [-0.2, -0.15) is 0 Å². The van der Waals surface area contributed by atoms with E-state index in [-0.39, 0.29) is 233 Å². The monoisotopic (exact) mass is 1860 g/mol. The van der Waals surface area contributed by atoms with Crippen molar-refractivity contribution in [2.45, 2.75) is 280 Å². The van der Waals surface area contributed by atoms with Gasteiger partial charge in [-0.1, -0.05) is 89.5 Å². The SMILES string of the molecule is BrC1/C=C\CCCCC1.CB(O)N1[C@@H]2CC[C@H]1CC(Nc1ccccc1N)C2.CC(C)(C)OC(=O)N1[C@@H]2CC[C@H]1CC(Nc1ccccc1[N+](=O)[O-])C2.CCOC(=O)C(=O)C(=O)OCC.CCOC(=O)c1nc2ccccc2n(C2C[C@H]3CC[C@@H](C2)N3B(C)O)c1=O.C[B]OOCB=O.Cl.O=CO[O-].O=[N+]([O-])c1ccccc1NC1C[C@H]2CC[C@@H](C1)N2.[H-].[HH].[K+].[K+]. The number of alkyl halides is 1. The van der Waals surface area contributed by atoms with E-state index < -0.39 is 36.3 Å². The first-order valence-electron chi connectivity index (χ1n) is 41.9. The number of fused-ring (bicyclic) bond motifs is 9. The Hall–Kier alpha value is -5.64. The fourth-order valence-corrected chi connectivity index (χ4v) is 17.9. The molecule has 0 saturated carbocycles. The molecule has 1 aromatic heterocycles. The van der Waals surface area contributed by atoms with E-state index in [0.29, 0.717) is 65.1 Å². The van der Waals surface area contributed by atoms with Gasteiger partial charge >= 0.3 is 189 Å². The third-order valence-corrected chi connectivity index (χ3v) is 22.8. The standard InChI is InChI=1S/C19H24BN3O4.C18H25N3O4.C14H22BN3O.C13H17N3O2.C8H13Br.C7H10O5.C2H5B2O3.CH2O3.ClH.2K.H2.H/c1-3-27-19(25)17-18(24)22(16-7-5-4-6-15(16)21-17)14-10-12-8-9-13(11-14)23(12)20(2)26;1-18(2,3)25-17(22)20-13-8-9-14(20)11-12(10-13)19-15-6-4-5-7-16(15)21(23)24;1-15(19)18-11-6-7-12(18)9-10(8-11)17-14-5-3-2-4-13(14)16;17-16(18)13-4-2-1-3-12(13)15-11-7-9-5-6-10(8-11)14-9;9-8-6-4-2-1-3-5-7-8;1-3-11-6(9)5(8)7(10)12-4-2;1-3-7-6-2-4-5;2-1-4-3;;;;;/h4-7,12-14,26H,3,8-11H2,1-2H3;4-7,12-14,19H,8-11H2,1-3H3;2-5,10-12,17,19H,6-9,16H2,1H3;1-4,9-11,14-15H,5-8H2;4,6,8H,1-3,5,7H2;3-4H2,1-2H3;2H2,1H3;1,3H;1H;;;1H;/q;;;;;;;;;2*+1;;-1/p-1/b;;;;6-4-;;;;;;;;/t12-,13+,14?;12?,13-,14+;10?,11-,12+;9-,10+,11?;;;;;;;;;. The van der Waals surface area contributed by atoms with Crippen LogP contribution in [0.15, 0.2) is 114 Å². The van der Waals surface area contributed by atoms with Crippen LogP contribution >= 0.6 is 28.3 Å². The van der Waals surface area contributed by atoms with Crippen molar-refractivity contribution in [1.82, 2.24) is 29.4 Å². The number of Topliss-reactive ketones (excluding diaryl/α,β-unsaturated/α-hetero) is 1. The van der Waals surface area contributed by atoms with Crippen LogP contribution < -0.4 is 141 Å². The summed E-state index contributed by atoms with van der Waals surface area (Å²) < 4.78 is 30.3. The fourth-order valence-electron chi connectivity index (χ4n) is 17.4. The number of halogens is 2. The summed E-state index contributed by atoms with van der Waals surface area (Å²) in [5.74, 6) is -4.28. The quantitative estimate of drug-likeness (QED) is 0.00351. The van der Waals surface area contributed by atoms with Crippen molar-refractivity contribution in [3.8, 4) is 0 Å². The Morgan fingerprint density at radius 3 is 1.56 bits per heavy atom. The molecule has 0 spiro atoms. The number of aromatic nitrogens is 2. The van der Waals surface area contributed by atoms with Crippen LogP contribution in [-0.2, 0) is 57.4 Å². The first-order chi connectivity index (χ1) is 58.0. The second-order valence-corrected chi connectivity index (χ2v) is 32.9. The number of hydrogen-bond donors (Lipinski definition) is 7. The molecular formula is C82H121B4BrClK2N12O22. The minimum absolute atomic E-state index is 0. The predicted molar refractivity (Wildman–Crippen MR) is 473 cm³/mol. The number of esters is 3. The number of nitrogens with two attached hydrogens (primary N) is 1. The molecule has 42 heteroatoms. The first kappa shape index (κ1) is 111. The minimum atomic E-state index is -1.27. The van der Waals surface area contributed by atoms with Gasteiger partial charge in [-0.05, 0) is 214 Å². The smallest absolute Gasteiger partial charge is 1.00 e. The summed E-state index contributed by atoms with van der Waals surface area (Å²) in [6.45, 7) is 15.9. The number of benzene rings is 4. The third-order valence-electron chi connectivity index (χ3n) is 22.1. The largest absolute Gasteiger partial charge is 1.00 e. The number of amides is 1. The molecule has 8 saturated heterocycles. The Labute approximate surface area is 830 Å². The van der Waals surface area contributed by atoms with Gasteiger partial charge in [-0.25, -0.2) is 24.2 Å². The van der Waals surface area contributed by atoms with E-state index in [9.17, 15) is 63.7 Å². The molecule has 8 N–H and O–H groups in total. The second-order valence-electron chi connectivity index (χ2n) is 31.7. The van der Waals surface area contributed by atoms with E-state index >= 15 is 0 Å². The number of carbonyl (C=O) groups is 6. The molecule has 8 aliphatic heterocycles. The molecule has 1 amide bonds. The number of nitrogens with one attached hydrogen (secondary N) is 4. The van der Waals surface area contributed by atoms with Gasteiger partial charge in [-0.3, -0.25) is 34.6 Å². The number of para-hydroxylation sites is 8. The molecule has 34 nitrogen and oxygen atoms in total. The van der Waals surface area contributed by atoms with E-state index in [1.165, 1.54) is 85.2 Å². The molecule has 1 radical (unpaired) electrons. The molecule has 669 valence electrons. The molecule has 1 aliphatic carbocycles. The maximum absolute atomic E-state index is 13.2. The van der Waals surface area contributed by atoms with Gasteiger partial charge in [0, 0.05) is 90.9 Å². The molecule has 4 aromatic carbocycles. The van der Waals surface area contributed by atoms with Crippen LogP contribution in [0.4, 0.5) is 38.9 Å². The Balaban J connectivity index is 0.000000508. The van der Waals surface area contributed by atoms with Gasteiger partial charge in [0.2, 0.25) is 5.69 Å². The van der Waals surface area contributed by atoms with Gasteiger partial charge in [0.1, 0.15) is 17.0 Å². The van der Waals surface area contributed by atoms with Crippen LogP contribution in [0.1, 0.15) is 196 Å². The summed E-state index contributed by atoms with van der Waals surface area (Å²) in [6, 6.07) is 32.8. The number of ketones is 1. The number of carbonyl (C=O) groups excluding carboxylic acids is 6. The number of nitrogen functional groups attached to an aromatic ring is 1. The van der Waals surface area contributed by atoms with Gasteiger partial charge in [0.05, 0.1) is 52.1 Å². The summed E-state index contributed by atoms with van der Waals surface area (Å²) in [5.41, 5.74) is 9.60. The van der Waals surface area contributed by atoms with Crippen LogP contribution in [-0.4, -0.2) is 212 Å². The number of ether oxygens (including phenoxy) is 4. The van der Waals surface area contributed by atoms with Gasteiger partial charge in [-0.15, -0.1) is 12.4 Å². The number of anilines is 4. The van der Waals surface area contributed by atoms with E-state index in [2.05, 4.69) is 88.0 Å². The van der Waals surface area contributed by atoms with Crippen LogP contribution in [0, 0.1) is 20.2 Å². The zero-order chi connectivity index (χ0) is 88.3. The Morgan fingerprint density at radius 2 is 1.10 bits per heavy atom. The average Bonchev–Trinajstić information content (AvgIpc) is 1.33. The maximum atomic E-state index is 13.2. The molecular weight excluding hydrogens is 1740 g/mol. The van der Waals surface area contributed by atoms with E-state index in [0.717, 1.165) is 93.9 Å². The third kappa shape index (κ3) is 34.7. The fraction of sp³-hybridized carbons (Fsp3) is 0.585. The normalized spacial score (nSPS) is 23.4. The summed E-state index contributed by atoms with van der Waals surface area (Å²) in [7, 11) is 1.16. The van der Waals surface area contributed by atoms with Crippen molar-refractivity contribution >= 4 is 138 Å². The van der Waals surface area contributed by atoms with E-state index in [1.807, 2.05) is 87.1 Å². The van der Waals surface area contributed by atoms with Crippen molar-refractivity contribution in [2.75, 3.05) is 48.0 Å². The van der Waals surface area contributed by atoms with Crippen molar-refractivity contribution in [2.24, 2.45) is 0 Å². The average molecular weight is 1860 g/mol. The Bertz CT molecular complexity index is 4230. The molecule has 14 rings (SSSR count). The zero-order valence-electron chi connectivity index (χ0n) is 74.0. The number of nitrogens with zero attached hydrogens (tertiary/aromatic N) is 7. The molecule has 13 atom stereocenters. The van der Waals surface area contributed by atoms with Crippen molar-refractivity contribution < 1.29 is 198 Å². The van der Waals surface area contributed by atoms with E-state index in [4.69, 9.17) is 25.3 Å². The maximum Gasteiger partial charge on any atom is 1.00 e. The number of nitro groups is 2. The van der Waals surface area contributed by atoms with E-state index in [1.54, 1.807) is 61.5 Å². The van der Waals surface area contributed by atoms with Crippen LogP contribution in [0.5, 0.6) is 0 Å². The van der Waals surface area contributed by atoms with Crippen molar-refractivity contribution in [1.29, 1.82) is 0 Å². The summed E-state index contributed by atoms with van der Waals surface area (Å²) in [5, 5.41) is 64.3. The molecule has 5 unspecified atom stereocenters. The molecule has 8 bridgehead atoms. The van der Waals surface area contributed by atoms with Gasteiger partial charge < -0.3 is 86.7 Å². The number of rotatable bonds is 22. The summed E-state index contributed by atoms with van der Waals surface area (Å²) >= 11 is 3.59. The second kappa shape index (κ2) is 57.4. The van der Waals surface area contributed by atoms with Gasteiger partial charge in [0.15, 0.2) is 0 Å². The number of hydrogen-bond acceptors (Lipinski definition) is 30. The van der Waals surface area contributed by atoms with Gasteiger partial charge in [0.25, 0.3) is 23.4 Å². The van der Waals surface area contributed by atoms with Crippen LogP contribution in [0.25, 0.3) is 11.0 Å². The Kier molecular flexibility index (Phi) is 51.3. The molecule has 9 heterocycles. The predicted octanol–water partition coefficient (Wildman–Crippen LogP) is 5.65. The molecule has 124 heavy (non-hydrogen) atoms. The number of nitro benzene ring substituents is 2. The number of allylic oxidation sites excluding steroid dienone is 2. The minimum Gasteiger partial charge on any atom is -1.00 e. The number of piperidine rings is 4. The van der Waals surface area contributed by atoms with Crippen LogP contribution in [0.3, 0.4) is 0 Å².